The Bertz CT molecular complexity index is 1060. The number of aryl methyl sites for hydroxylation is 2. The summed E-state index contributed by atoms with van der Waals surface area (Å²) in [7, 11) is 1.65. The lowest BCUT2D eigenvalue weighted by atomic mass is 10.1. The zero-order chi connectivity index (χ0) is 22.5. The van der Waals surface area contributed by atoms with Gasteiger partial charge in [0.15, 0.2) is 12.4 Å². The third-order valence-electron chi connectivity index (χ3n) is 5.69. The van der Waals surface area contributed by atoms with Crippen LogP contribution >= 0.6 is 0 Å². The minimum Gasteiger partial charge on any atom is -0.497 e. The number of ether oxygens (including phenoxy) is 2. The second-order valence-corrected chi connectivity index (χ2v) is 7.93. The molecule has 0 aliphatic carbocycles. The van der Waals surface area contributed by atoms with Crippen LogP contribution in [-0.2, 0) is 4.79 Å². The summed E-state index contributed by atoms with van der Waals surface area (Å²) < 4.78 is 11.0. The Balaban J connectivity index is 1.30. The van der Waals surface area contributed by atoms with Gasteiger partial charge in [0.2, 0.25) is 0 Å². The number of benzene rings is 2. The maximum Gasteiger partial charge on any atom is 0.260 e. The fourth-order valence-corrected chi connectivity index (χ4v) is 3.69. The zero-order valence-corrected chi connectivity index (χ0v) is 18.7. The van der Waals surface area contributed by atoms with Crippen molar-refractivity contribution in [2.45, 2.75) is 13.8 Å². The molecule has 32 heavy (non-hydrogen) atoms. The van der Waals surface area contributed by atoms with Crippen molar-refractivity contribution in [3.63, 3.8) is 0 Å². The van der Waals surface area contributed by atoms with Gasteiger partial charge in [-0.1, -0.05) is 12.1 Å². The van der Waals surface area contributed by atoms with Gasteiger partial charge >= 0.3 is 0 Å². The molecule has 7 nitrogen and oxygen atoms in total. The van der Waals surface area contributed by atoms with Crippen molar-refractivity contribution in [2.75, 3.05) is 44.8 Å². The molecule has 0 saturated carbocycles. The third-order valence-corrected chi connectivity index (χ3v) is 5.69. The van der Waals surface area contributed by atoms with Gasteiger partial charge in [-0.15, -0.1) is 10.2 Å². The molecule has 1 fully saturated rings. The zero-order valence-electron chi connectivity index (χ0n) is 18.7. The monoisotopic (exact) mass is 432 g/mol. The Morgan fingerprint density at radius 2 is 1.69 bits per heavy atom. The van der Waals surface area contributed by atoms with Crippen molar-refractivity contribution in [3.05, 3.63) is 65.7 Å². The van der Waals surface area contributed by atoms with Crippen LogP contribution in [0.25, 0.3) is 11.3 Å². The molecule has 7 heteroatoms. The standard InChI is InChI=1S/C25H28N4O3/c1-18-4-5-19(2)23(16-18)32-17-25(30)29-14-12-28(13-15-29)24-11-10-22(26-27-24)20-6-8-21(31-3)9-7-20/h4-11,16H,12-15,17H2,1-3H3. The fraction of sp³-hybridized carbons (Fsp3) is 0.320. The van der Waals surface area contributed by atoms with Crippen molar-refractivity contribution in [2.24, 2.45) is 0 Å². The van der Waals surface area contributed by atoms with E-state index in [0.29, 0.717) is 26.2 Å². The highest BCUT2D eigenvalue weighted by Crippen LogP contribution is 2.22. The molecule has 1 aromatic heterocycles. The number of carbonyl (C=O) groups is 1. The van der Waals surface area contributed by atoms with E-state index in [1.165, 1.54) is 0 Å². The molecule has 0 spiro atoms. The highest BCUT2D eigenvalue weighted by Gasteiger charge is 2.22. The molecule has 1 amide bonds. The van der Waals surface area contributed by atoms with Crippen LogP contribution in [0.15, 0.2) is 54.6 Å². The molecule has 4 rings (SSSR count). The van der Waals surface area contributed by atoms with Crippen LogP contribution in [0.3, 0.4) is 0 Å². The Morgan fingerprint density at radius 3 is 2.34 bits per heavy atom. The van der Waals surface area contributed by atoms with Crippen LogP contribution in [0.4, 0.5) is 5.82 Å². The van der Waals surface area contributed by atoms with Crippen molar-refractivity contribution >= 4 is 11.7 Å². The Morgan fingerprint density at radius 1 is 0.938 bits per heavy atom. The predicted molar refractivity (Wildman–Crippen MR) is 124 cm³/mol. The summed E-state index contributed by atoms with van der Waals surface area (Å²) >= 11 is 0. The maximum absolute atomic E-state index is 12.6. The van der Waals surface area contributed by atoms with E-state index in [2.05, 4.69) is 15.1 Å². The molecule has 2 heterocycles. The Labute approximate surface area is 188 Å². The fourth-order valence-electron chi connectivity index (χ4n) is 3.69. The van der Waals surface area contributed by atoms with Gasteiger partial charge in [0, 0.05) is 31.7 Å². The number of hydrogen-bond acceptors (Lipinski definition) is 6. The maximum atomic E-state index is 12.6. The average molecular weight is 433 g/mol. The number of piperazine rings is 1. The van der Waals surface area contributed by atoms with E-state index < -0.39 is 0 Å². The topological polar surface area (TPSA) is 67.8 Å². The molecular weight excluding hydrogens is 404 g/mol. The van der Waals surface area contributed by atoms with Crippen LogP contribution in [0.2, 0.25) is 0 Å². The van der Waals surface area contributed by atoms with Gasteiger partial charge in [0.25, 0.3) is 5.91 Å². The number of nitrogens with zero attached hydrogens (tertiary/aromatic N) is 4. The molecule has 1 aliphatic rings. The number of hydrogen-bond donors (Lipinski definition) is 0. The van der Waals surface area contributed by atoms with Crippen molar-refractivity contribution in [1.29, 1.82) is 0 Å². The van der Waals surface area contributed by atoms with E-state index in [4.69, 9.17) is 9.47 Å². The van der Waals surface area contributed by atoms with Crippen molar-refractivity contribution in [3.8, 4) is 22.8 Å². The van der Waals surface area contributed by atoms with Gasteiger partial charge in [-0.2, -0.15) is 0 Å². The summed E-state index contributed by atoms with van der Waals surface area (Å²) in [5, 5.41) is 8.78. The molecule has 0 radical (unpaired) electrons. The number of amides is 1. The van der Waals surface area contributed by atoms with Gasteiger partial charge in [-0.05, 0) is 67.4 Å². The summed E-state index contributed by atoms with van der Waals surface area (Å²) in [6, 6.07) is 17.7. The molecule has 2 aromatic carbocycles. The van der Waals surface area contributed by atoms with Gasteiger partial charge in [0.05, 0.1) is 12.8 Å². The lowest BCUT2D eigenvalue weighted by molar-refractivity contribution is -0.133. The summed E-state index contributed by atoms with van der Waals surface area (Å²) in [5.74, 6) is 2.40. The van der Waals surface area contributed by atoms with Gasteiger partial charge in [-0.25, -0.2) is 0 Å². The van der Waals surface area contributed by atoms with Crippen LogP contribution in [0.1, 0.15) is 11.1 Å². The van der Waals surface area contributed by atoms with E-state index in [9.17, 15) is 4.79 Å². The first kappa shape index (κ1) is 21.6. The molecule has 0 atom stereocenters. The van der Waals surface area contributed by atoms with E-state index in [1.807, 2.05) is 73.3 Å². The summed E-state index contributed by atoms with van der Waals surface area (Å²) in [4.78, 5) is 16.6. The number of aromatic nitrogens is 2. The second kappa shape index (κ2) is 9.68. The quantitative estimate of drug-likeness (QED) is 0.594. The molecule has 1 saturated heterocycles. The molecule has 166 valence electrons. The van der Waals surface area contributed by atoms with Gasteiger partial charge < -0.3 is 19.3 Å². The summed E-state index contributed by atoms with van der Waals surface area (Å²) in [5.41, 5.74) is 3.95. The minimum atomic E-state index is 0.00601. The van der Waals surface area contributed by atoms with E-state index >= 15 is 0 Å². The Hall–Kier alpha value is -3.61. The van der Waals surface area contributed by atoms with E-state index in [0.717, 1.165) is 39.7 Å². The largest absolute Gasteiger partial charge is 0.497 e. The second-order valence-electron chi connectivity index (χ2n) is 7.93. The first-order valence-corrected chi connectivity index (χ1v) is 10.7. The van der Waals surface area contributed by atoms with Crippen LogP contribution < -0.4 is 14.4 Å². The Kier molecular flexibility index (Phi) is 6.54. The number of carbonyl (C=O) groups excluding carboxylic acids is 1. The summed E-state index contributed by atoms with van der Waals surface area (Å²) in [6.07, 6.45) is 0. The van der Waals surface area contributed by atoms with Crippen molar-refractivity contribution < 1.29 is 14.3 Å². The van der Waals surface area contributed by atoms with E-state index in [-0.39, 0.29) is 12.5 Å². The lowest BCUT2D eigenvalue weighted by Crippen LogP contribution is -2.50. The smallest absolute Gasteiger partial charge is 0.260 e. The number of rotatable bonds is 6. The van der Waals surface area contributed by atoms with E-state index in [1.54, 1.807) is 7.11 Å². The predicted octanol–water partition coefficient (Wildman–Crippen LogP) is 3.50. The first-order valence-electron chi connectivity index (χ1n) is 10.7. The molecular formula is C25H28N4O3. The minimum absolute atomic E-state index is 0.00601. The number of anilines is 1. The summed E-state index contributed by atoms with van der Waals surface area (Å²) in [6.45, 7) is 6.75. The molecule has 0 N–H and O–H groups in total. The van der Waals surface area contributed by atoms with Crippen LogP contribution in [0.5, 0.6) is 11.5 Å². The molecule has 0 bridgehead atoms. The highest BCUT2D eigenvalue weighted by atomic mass is 16.5. The molecule has 1 aliphatic heterocycles. The normalized spacial score (nSPS) is 13.7. The van der Waals surface area contributed by atoms with Gasteiger partial charge in [0.1, 0.15) is 11.5 Å². The van der Waals surface area contributed by atoms with Crippen LogP contribution in [-0.4, -0.2) is 60.9 Å². The SMILES string of the molecule is COc1ccc(-c2ccc(N3CCN(C(=O)COc4cc(C)ccc4C)CC3)nn2)cc1. The molecule has 0 unspecified atom stereocenters. The third kappa shape index (κ3) is 4.99. The van der Waals surface area contributed by atoms with Gasteiger partial charge in [-0.3, -0.25) is 4.79 Å². The van der Waals surface area contributed by atoms with Crippen molar-refractivity contribution in [1.82, 2.24) is 15.1 Å². The number of methoxy groups -OCH3 is 1. The molecule has 3 aromatic rings. The highest BCUT2D eigenvalue weighted by molar-refractivity contribution is 5.78. The average Bonchev–Trinajstić information content (AvgIpc) is 2.84. The van der Waals surface area contributed by atoms with Crippen LogP contribution in [0, 0.1) is 13.8 Å². The lowest BCUT2D eigenvalue weighted by Gasteiger charge is -2.35. The first-order chi connectivity index (χ1) is 15.5.